The first kappa shape index (κ1) is 25.7. The van der Waals surface area contributed by atoms with Gasteiger partial charge in [-0.25, -0.2) is 13.4 Å². The van der Waals surface area contributed by atoms with Crippen molar-refractivity contribution in [2.45, 2.75) is 18.0 Å². The molecule has 1 heterocycles. The molecule has 0 radical (unpaired) electrons. The highest BCUT2D eigenvalue weighted by Gasteiger charge is 2.38. The summed E-state index contributed by atoms with van der Waals surface area (Å²) in [6.45, 7) is 0.985. The molecular weight excluding hydrogens is 523 g/mol. The van der Waals surface area contributed by atoms with E-state index in [9.17, 15) is 26.6 Å². The van der Waals surface area contributed by atoms with Gasteiger partial charge in [0.25, 0.3) is 11.8 Å². The number of rotatable bonds is 5. The third kappa shape index (κ3) is 5.57. The highest BCUT2D eigenvalue weighted by Crippen LogP contribution is 2.39. The van der Waals surface area contributed by atoms with E-state index in [-0.39, 0.29) is 20.6 Å². The topological polar surface area (TPSA) is 105 Å². The van der Waals surface area contributed by atoms with Gasteiger partial charge in [-0.3, -0.25) is 4.79 Å². The number of nitrogens with one attached hydrogen (secondary N) is 2. The fourth-order valence-electron chi connectivity index (χ4n) is 2.83. The van der Waals surface area contributed by atoms with Gasteiger partial charge in [-0.1, -0.05) is 29.3 Å². The lowest BCUT2D eigenvalue weighted by molar-refractivity contribution is -0.142. The number of carbonyl (C=O) groups excluding carboxylic acids is 1. The highest BCUT2D eigenvalue weighted by atomic mass is 35.5. The molecular formula is C20H14Cl2F4N4O3S. The minimum atomic E-state index is -4.94. The zero-order valence-corrected chi connectivity index (χ0v) is 19.6. The quantitative estimate of drug-likeness (QED) is 0.292. The molecule has 0 saturated carbocycles. The van der Waals surface area contributed by atoms with E-state index in [4.69, 9.17) is 32.7 Å². The predicted molar refractivity (Wildman–Crippen MR) is 118 cm³/mol. The second-order valence-electron chi connectivity index (χ2n) is 6.98. The van der Waals surface area contributed by atoms with Gasteiger partial charge >= 0.3 is 6.18 Å². The van der Waals surface area contributed by atoms with Crippen molar-refractivity contribution < 1.29 is 31.3 Å². The van der Waals surface area contributed by atoms with Gasteiger partial charge in [-0.05, 0) is 36.8 Å². The smallest absolute Gasteiger partial charge is 0.435 e. The maximum atomic E-state index is 13.8. The highest BCUT2D eigenvalue weighted by molar-refractivity contribution is 7.91. The first-order valence-electron chi connectivity index (χ1n) is 9.10. The summed E-state index contributed by atoms with van der Waals surface area (Å²) < 4.78 is 79.0. The number of amides is 1. The molecule has 3 aromatic rings. The molecule has 14 heteroatoms. The van der Waals surface area contributed by atoms with E-state index in [1.807, 2.05) is 0 Å². The lowest BCUT2D eigenvalue weighted by atomic mass is 10.1. The molecule has 0 fully saturated rings. The summed E-state index contributed by atoms with van der Waals surface area (Å²) >= 11 is 11.8. The molecule has 180 valence electrons. The molecule has 0 spiro atoms. The summed E-state index contributed by atoms with van der Waals surface area (Å²) in [4.78, 5) is 13.1. The molecule has 34 heavy (non-hydrogen) atoms. The average molecular weight is 537 g/mol. The third-order valence-corrected chi connectivity index (χ3v) is 6.33. The van der Waals surface area contributed by atoms with Crippen LogP contribution < -0.4 is 10.1 Å². The summed E-state index contributed by atoms with van der Waals surface area (Å²) in [7, 11) is -3.13. The van der Waals surface area contributed by atoms with Crippen molar-refractivity contribution in [3.63, 3.8) is 0 Å². The van der Waals surface area contributed by atoms with Crippen molar-refractivity contribution in [1.29, 1.82) is 4.78 Å². The summed E-state index contributed by atoms with van der Waals surface area (Å²) in [6.07, 6.45) is -3.77. The maximum Gasteiger partial charge on any atom is 0.435 e. The summed E-state index contributed by atoms with van der Waals surface area (Å²) in [5.41, 5.74) is -2.67. The molecule has 2 N–H and O–H groups in total. The molecule has 3 rings (SSSR count). The summed E-state index contributed by atoms with van der Waals surface area (Å²) in [5, 5.41) is 8.32. The Morgan fingerprint density at radius 1 is 1.18 bits per heavy atom. The van der Waals surface area contributed by atoms with E-state index in [1.165, 1.54) is 30.5 Å². The number of hydrogen-bond acceptors (Lipinski definition) is 6. The Bertz CT molecular complexity index is 1400. The molecule has 1 aromatic heterocycles. The number of hydrogen-bond donors (Lipinski definition) is 2. The molecule has 2 aromatic carbocycles. The number of carbonyl (C=O) groups is 1. The monoisotopic (exact) mass is 536 g/mol. The fraction of sp³-hybridized carbons (Fsp3) is 0.150. The second kappa shape index (κ2) is 9.35. The van der Waals surface area contributed by atoms with Crippen molar-refractivity contribution in [3.8, 4) is 11.6 Å². The van der Waals surface area contributed by atoms with Gasteiger partial charge in [0.1, 0.15) is 16.4 Å². The Hall–Kier alpha value is -2.96. The minimum Gasteiger partial charge on any atom is -0.435 e. The minimum absolute atomic E-state index is 0.0480. The largest absolute Gasteiger partial charge is 0.435 e. The Kier molecular flexibility index (Phi) is 7.06. The van der Waals surface area contributed by atoms with Crippen LogP contribution in [0.5, 0.6) is 11.6 Å². The number of benzene rings is 2. The van der Waals surface area contributed by atoms with Crippen molar-refractivity contribution in [2.75, 3.05) is 11.6 Å². The molecule has 0 aliphatic carbocycles. The second-order valence-corrected chi connectivity index (χ2v) is 9.92. The van der Waals surface area contributed by atoms with Crippen molar-refractivity contribution in [3.05, 3.63) is 69.1 Å². The van der Waals surface area contributed by atoms with E-state index < -0.39 is 56.1 Å². The van der Waals surface area contributed by atoms with Crippen molar-refractivity contribution >= 4 is 44.5 Å². The van der Waals surface area contributed by atoms with Gasteiger partial charge in [0.15, 0.2) is 11.4 Å². The van der Waals surface area contributed by atoms with E-state index in [2.05, 4.69) is 15.5 Å². The standard InChI is InChI=1S/C20H14Cl2F4N4O3S/c1-9-15(18(31)28-11-4-3-5-12(8-11)34(2,27)32)19(30-29-17(9)20(24,25)26)33-14-7-10(23)6-13(21)16(14)22/h3-8,27H,1-2H3,(H,28,31). The van der Waals surface area contributed by atoms with Gasteiger partial charge in [-0.15, -0.1) is 10.2 Å². The molecule has 0 saturated heterocycles. The van der Waals surface area contributed by atoms with E-state index in [1.54, 1.807) is 0 Å². The zero-order chi connectivity index (χ0) is 25.4. The third-order valence-electron chi connectivity index (χ3n) is 4.39. The Labute approximate surface area is 201 Å². The van der Waals surface area contributed by atoms with E-state index in [0.717, 1.165) is 19.1 Å². The number of nitrogens with zero attached hydrogens (tertiary/aromatic N) is 2. The van der Waals surface area contributed by atoms with Gasteiger partial charge in [-0.2, -0.15) is 13.2 Å². The fourth-order valence-corrected chi connectivity index (χ4v) is 3.86. The lowest BCUT2D eigenvalue weighted by Gasteiger charge is -2.16. The Balaban J connectivity index is 2.11. The molecule has 0 aliphatic heterocycles. The molecule has 0 bridgehead atoms. The first-order chi connectivity index (χ1) is 15.7. The average Bonchev–Trinajstić information content (AvgIpc) is 2.70. The molecule has 1 unspecified atom stereocenters. The number of alkyl halides is 3. The zero-order valence-electron chi connectivity index (χ0n) is 17.3. The molecule has 1 amide bonds. The van der Waals surface area contributed by atoms with Gasteiger partial charge in [0.05, 0.1) is 14.8 Å². The van der Waals surface area contributed by atoms with Crippen LogP contribution in [0.15, 0.2) is 41.3 Å². The molecule has 7 nitrogen and oxygen atoms in total. The number of anilines is 1. The van der Waals surface area contributed by atoms with Crippen LogP contribution in [0.1, 0.15) is 21.6 Å². The Morgan fingerprint density at radius 3 is 2.47 bits per heavy atom. The summed E-state index contributed by atoms with van der Waals surface area (Å²) in [5.74, 6) is -3.04. The van der Waals surface area contributed by atoms with Gasteiger partial charge < -0.3 is 10.1 Å². The van der Waals surface area contributed by atoms with Crippen molar-refractivity contribution in [2.24, 2.45) is 0 Å². The molecule has 0 aliphatic rings. The predicted octanol–water partition coefficient (Wildman–Crippen LogP) is 6.33. The van der Waals surface area contributed by atoms with Crippen LogP contribution in [-0.4, -0.2) is 26.6 Å². The van der Waals surface area contributed by atoms with Gasteiger partial charge in [0.2, 0.25) is 0 Å². The van der Waals surface area contributed by atoms with Crippen LogP contribution >= 0.6 is 23.2 Å². The van der Waals surface area contributed by atoms with Crippen LogP contribution in [0, 0.1) is 17.5 Å². The van der Waals surface area contributed by atoms with Crippen LogP contribution in [0.25, 0.3) is 0 Å². The van der Waals surface area contributed by atoms with Crippen LogP contribution in [0.3, 0.4) is 0 Å². The van der Waals surface area contributed by atoms with Crippen molar-refractivity contribution in [1.82, 2.24) is 10.2 Å². The summed E-state index contributed by atoms with van der Waals surface area (Å²) in [6, 6.07) is 7.12. The molecule has 1 atom stereocenters. The van der Waals surface area contributed by atoms with E-state index in [0.29, 0.717) is 0 Å². The SMILES string of the molecule is Cc1c(C(F)(F)F)nnc(Oc2cc(F)cc(Cl)c2Cl)c1C(=O)Nc1cccc(S(C)(=N)=O)c1. The maximum absolute atomic E-state index is 13.8. The van der Waals surface area contributed by atoms with Gasteiger partial charge in [0, 0.05) is 22.9 Å². The van der Waals surface area contributed by atoms with Crippen LogP contribution in [0.2, 0.25) is 10.0 Å². The normalized spacial score (nSPS) is 13.3. The Morgan fingerprint density at radius 2 is 1.85 bits per heavy atom. The van der Waals surface area contributed by atoms with Crippen LogP contribution in [0.4, 0.5) is 23.2 Å². The lowest BCUT2D eigenvalue weighted by Crippen LogP contribution is -2.21. The number of aromatic nitrogens is 2. The van der Waals surface area contributed by atoms with E-state index >= 15 is 0 Å². The number of halogens is 6. The van der Waals surface area contributed by atoms with Crippen LogP contribution in [-0.2, 0) is 15.9 Å². The number of ether oxygens (including phenoxy) is 1. The first-order valence-corrected chi connectivity index (χ1v) is 11.8.